The Labute approximate surface area is 135 Å². The van der Waals surface area contributed by atoms with Crippen LogP contribution in [-0.4, -0.2) is 23.4 Å². The molecule has 0 aliphatic rings. The minimum absolute atomic E-state index is 0.238. The third-order valence-electron chi connectivity index (χ3n) is 3.12. The molecule has 0 radical (unpaired) electrons. The van der Waals surface area contributed by atoms with E-state index in [4.69, 9.17) is 0 Å². The maximum Gasteiger partial charge on any atom is 0.124 e. The number of phenols is 1. The highest BCUT2D eigenvalue weighted by Gasteiger charge is 2.05. The summed E-state index contributed by atoms with van der Waals surface area (Å²) in [6.45, 7) is 7.42. The van der Waals surface area contributed by atoms with E-state index in [9.17, 15) is 5.11 Å². The van der Waals surface area contributed by atoms with E-state index in [2.05, 4.69) is 22.2 Å². The van der Waals surface area contributed by atoms with E-state index < -0.39 is 0 Å². The van der Waals surface area contributed by atoms with E-state index in [0.717, 1.165) is 27.4 Å². The molecule has 0 spiro atoms. The zero-order chi connectivity index (χ0) is 15.9. The minimum Gasteiger partial charge on any atom is -0.507 e. The molecule has 0 aromatic heterocycles. The van der Waals surface area contributed by atoms with Crippen molar-refractivity contribution in [3.8, 4) is 5.75 Å². The van der Waals surface area contributed by atoms with E-state index in [0.29, 0.717) is 5.88 Å². The SMILES string of the molecule is C=Nc1ccccc1SCN/N=C(\C)c1cc(C)ccc1O. The van der Waals surface area contributed by atoms with Gasteiger partial charge in [0, 0.05) is 10.5 Å². The lowest BCUT2D eigenvalue weighted by molar-refractivity contribution is 0.474. The van der Waals surface area contributed by atoms with E-state index in [1.807, 2.05) is 50.2 Å². The fraction of sp³-hybridized carbons (Fsp3) is 0.176. The van der Waals surface area contributed by atoms with Crippen LogP contribution in [0, 0.1) is 6.92 Å². The van der Waals surface area contributed by atoms with Gasteiger partial charge in [0.2, 0.25) is 0 Å². The van der Waals surface area contributed by atoms with Crippen molar-refractivity contribution < 1.29 is 5.11 Å². The number of benzene rings is 2. The van der Waals surface area contributed by atoms with Gasteiger partial charge in [0.15, 0.2) is 0 Å². The second-order valence-electron chi connectivity index (χ2n) is 4.79. The van der Waals surface area contributed by atoms with Crippen LogP contribution >= 0.6 is 11.8 Å². The molecule has 5 heteroatoms. The Bertz CT molecular complexity index is 698. The van der Waals surface area contributed by atoms with Gasteiger partial charge in [-0.15, -0.1) is 11.8 Å². The first kappa shape index (κ1) is 16.1. The third kappa shape index (κ3) is 4.11. The molecule has 0 atom stereocenters. The summed E-state index contributed by atoms with van der Waals surface area (Å²) >= 11 is 1.60. The van der Waals surface area contributed by atoms with Gasteiger partial charge in [-0.2, -0.15) is 5.10 Å². The van der Waals surface area contributed by atoms with Gasteiger partial charge < -0.3 is 5.11 Å². The maximum atomic E-state index is 9.88. The highest BCUT2D eigenvalue weighted by atomic mass is 32.2. The standard InChI is InChI=1S/C17H19N3OS/c1-12-8-9-16(21)14(10-12)13(2)20-19-11-22-17-7-5-4-6-15(17)18-3/h4-10,19,21H,3,11H2,1-2H3/b20-13+. The van der Waals surface area contributed by atoms with Crippen molar-refractivity contribution in [2.24, 2.45) is 10.1 Å². The molecule has 22 heavy (non-hydrogen) atoms. The molecular weight excluding hydrogens is 294 g/mol. The van der Waals surface area contributed by atoms with Crippen LogP contribution in [0.15, 0.2) is 57.5 Å². The van der Waals surface area contributed by atoms with Crippen molar-refractivity contribution in [2.75, 3.05) is 5.88 Å². The average molecular weight is 313 g/mol. The van der Waals surface area contributed by atoms with E-state index >= 15 is 0 Å². The Hall–Kier alpha value is -2.27. The van der Waals surface area contributed by atoms with Crippen LogP contribution < -0.4 is 5.43 Å². The smallest absolute Gasteiger partial charge is 0.124 e. The van der Waals surface area contributed by atoms with Gasteiger partial charge >= 0.3 is 0 Å². The second-order valence-corrected chi connectivity index (χ2v) is 5.81. The lowest BCUT2D eigenvalue weighted by atomic mass is 10.1. The van der Waals surface area contributed by atoms with Gasteiger partial charge in [0.05, 0.1) is 17.3 Å². The highest BCUT2D eigenvalue weighted by Crippen LogP contribution is 2.28. The van der Waals surface area contributed by atoms with Crippen molar-refractivity contribution in [1.29, 1.82) is 0 Å². The number of nitrogens with one attached hydrogen (secondary N) is 1. The minimum atomic E-state index is 0.238. The van der Waals surface area contributed by atoms with E-state index in [1.165, 1.54) is 0 Å². The van der Waals surface area contributed by atoms with Crippen LogP contribution in [0.25, 0.3) is 0 Å². The molecular formula is C17H19N3OS. The van der Waals surface area contributed by atoms with Crippen LogP contribution in [0.2, 0.25) is 0 Å². The fourth-order valence-corrected chi connectivity index (χ4v) is 2.71. The quantitative estimate of drug-likeness (QED) is 0.277. The molecule has 2 rings (SSSR count). The number of phenolic OH excluding ortho intramolecular Hbond substituents is 1. The van der Waals surface area contributed by atoms with Gasteiger partial charge in [-0.1, -0.05) is 23.8 Å². The molecule has 0 saturated heterocycles. The Morgan fingerprint density at radius 1 is 1.27 bits per heavy atom. The number of thioether (sulfide) groups is 1. The molecule has 2 aromatic carbocycles. The van der Waals surface area contributed by atoms with Crippen LogP contribution in [0.3, 0.4) is 0 Å². The summed E-state index contributed by atoms with van der Waals surface area (Å²) < 4.78 is 0. The van der Waals surface area contributed by atoms with Crippen molar-refractivity contribution in [3.05, 3.63) is 53.6 Å². The molecule has 0 heterocycles. The predicted molar refractivity (Wildman–Crippen MR) is 94.6 cm³/mol. The summed E-state index contributed by atoms with van der Waals surface area (Å²) in [6, 6.07) is 13.3. The molecule has 4 nitrogen and oxygen atoms in total. The van der Waals surface area contributed by atoms with Gasteiger partial charge in [0.25, 0.3) is 0 Å². The first-order valence-corrected chi connectivity index (χ1v) is 7.86. The molecule has 0 fully saturated rings. The number of aromatic hydroxyl groups is 1. The van der Waals surface area contributed by atoms with Crippen molar-refractivity contribution in [2.45, 2.75) is 18.7 Å². The van der Waals surface area contributed by atoms with Crippen LogP contribution in [0.4, 0.5) is 5.69 Å². The largest absolute Gasteiger partial charge is 0.507 e. The summed E-state index contributed by atoms with van der Waals surface area (Å²) in [5.74, 6) is 0.846. The first-order valence-electron chi connectivity index (χ1n) is 6.87. The normalized spacial score (nSPS) is 11.3. The summed E-state index contributed by atoms with van der Waals surface area (Å²) in [4.78, 5) is 5.04. The maximum absolute atomic E-state index is 9.88. The highest BCUT2D eigenvalue weighted by molar-refractivity contribution is 7.99. The molecule has 114 valence electrons. The van der Waals surface area contributed by atoms with Gasteiger partial charge in [-0.25, -0.2) is 0 Å². The molecule has 0 saturated carbocycles. The molecule has 0 aliphatic carbocycles. The zero-order valence-corrected chi connectivity index (χ0v) is 13.5. The van der Waals surface area contributed by atoms with Crippen LogP contribution in [-0.2, 0) is 0 Å². The third-order valence-corrected chi connectivity index (χ3v) is 4.05. The lowest BCUT2D eigenvalue weighted by Crippen LogP contribution is -2.09. The Morgan fingerprint density at radius 3 is 2.82 bits per heavy atom. The second kappa shape index (κ2) is 7.66. The first-order chi connectivity index (χ1) is 10.6. The number of para-hydroxylation sites is 1. The number of hydrogen-bond acceptors (Lipinski definition) is 5. The van der Waals surface area contributed by atoms with E-state index in [-0.39, 0.29) is 5.75 Å². The van der Waals surface area contributed by atoms with Crippen molar-refractivity contribution >= 4 is 29.9 Å². The average Bonchev–Trinajstić information content (AvgIpc) is 2.54. The molecule has 0 bridgehead atoms. The number of rotatable bonds is 6. The van der Waals surface area contributed by atoms with Gasteiger partial charge in [-0.3, -0.25) is 10.4 Å². The Kier molecular flexibility index (Phi) is 5.61. The zero-order valence-electron chi connectivity index (χ0n) is 12.7. The van der Waals surface area contributed by atoms with Crippen molar-refractivity contribution in [3.63, 3.8) is 0 Å². The Morgan fingerprint density at radius 2 is 2.05 bits per heavy atom. The van der Waals surface area contributed by atoms with Gasteiger partial charge in [-0.05, 0) is 44.8 Å². The fourth-order valence-electron chi connectivity index (χ4n) is 1.97. The summed E-state index contributed by atoms with van der Waals surface area (Å²) in [6.07, 6.45) is 0. The molecule has 0 aliphatic heterocycles. The number of hydrazone groups is 1. The van der Waals surface area contributed by atoms with Gasteiger partial charge in [0.1, 0.15) is 5.75 Å². The predicted octanol–water partition coefficient (Wildman–Crippen LogP) is 4.10. The van der Waals surface area contributed by atoms with Crippen LogP contribution in [0.1, 0.15) is 18.1 Å². The number of nitrogens with zero attached hydrogens (tertiary/aromatic N) is 2. The lowest BCUT2D eigenvalue weighted by Gasteiger charge is -2.07. The monoisotopic (exact) mass is 313 g/mol. The summed E-state index contributed by atoms with van der Waals surface area (Å²) in [7, 11) is 0. The molecule has 2 aromatic rings. The number of hydrogen-bond donors (Lipinski definition) is 2. The number of aryl methyl sites for hydroxylation is 1. The summed E-state index contributed by atoms with van der Waals surface area (Å²) in [5.41, 5.74) is 6.45. The Balaban J connectivity index is 1.97. The van der Waals surface area contributed by atoms with Crippen molar-refractivity contribution in [1.82, 2.24) is 5.43 Å². The van der Waals surface area contributed by atoms with E-state index in [1.54, 1.807) is 17.8 Å². The summed E-state index contributed by atoms with van der Waals surface area (Å²) in [5, 5.41) is 14.2. The van der Waals surface area contributed by atoms with Crippen LogP contribution in [0.5, 0.6) is 5.75 Å². The molecule has 0 unspecified atom stereocenters. The molecule has 0 amide bonds. The topological polar surface area (TPSA) is 57.0 Å². The number of aliphatic imine (C=N–C) groups is 1. The molecule has 2 N–H and O–H groups in total.